The summed E-state index contributed by atoms with van der Waals surface area (Å²) in [6.07, 6.45) is 0. The summed E-state index contributed by atoms with van der Waals surface area (Å²) in [5, 5.41) is 4.43. The second-order valence-electron chi connectivity index (χ2n) is 8.20. The Hall–Kier alpha value is -2.87. The van der Waals surface area contributed by atoms with Crippen molar-refractivity contribution in [3.8, 4) is 11.4 Å². The van der Waals surface area contributed by atoms with E-state index in [2.05, 4.69) is 21.0 Å². The molecule has 2 aromatic carbocycles. The molecule has 0 unspecified atom stereocenters. The van der Waals surface area contributed by atoms with Gasteiger partial charge in [0, 0.05) is 4.47 Å². The summed E-state index contributed by atoms with van der Waals surface area (Å²) in [6.45, 7) is 11.5. The van der Waals surface area contributed by atoms with Gasteiger partial charge in [-0.05, 0) is 82.5 Å². The van der Waals surface area contributed by atoms with E-state index in [0.29, 0.717) is 30.4 Å². The fourth-order valence-corrected chi connectivity index (χ4v) is 3.77. The van der Waals surface area contributed by atoms with E-state index in [0.717, 1.165) is 21.2 Å². The standard InChI is InChI=1S/C24H28BrN3O4/c1-7-31-22(29)24(5,6)32-21-15(2)12-18(13-16(21)3)14-27-17(4)26-28(23(27)30)20-10-8-19(25)9-11-20/h8-13H,7,14H2,1-6H3. The van der Waals surface area contributed by atoms with Crippen molar-refractivity contribution in [3.05, 3.63) is 73.9 Å². The lowest BCUT2D eigenvalue weighted by Gasteiger charge is -2.26. The average molecular weight is 502 g/mol. The molecule has 0 saturated heterocycles. The minimum atomic E-state index is -1.10. The SMILES string of the molecule is CCOC(=O)C(C)(C)Oc1c(C)cc(Cn2c(C)nn(-c3ccc(Br)cc3)c2=O)cc1C. The highest BCUT2D eigenvalue weighted by molar-refractivity contribution is 9.10. The summed E-state index contributed by atoms with van der Waals surface area (Å²) < 4.78 is 15.1. The summed E-state index contributed by atoms with van der Waals surface area (Å²) >= 11 is 3.40. The summed E-state index contributed by atoms with van der Waals surface area (Å²) in [7, 11) is 0. The van der Waals surface area contributed by atoms with Crippen LogP contribution in [0.1, 0.15) is 43.3 Å². The summed E-state index contributed by atoms with van der Waals surface area (Å²) in [6, 6.07) is 11.4. The van der Waals surface area contributed by atoms with E-state index < -0.39 is 11.6 Å². The van der Waals surface area contributed by atoms with Gasteiger partial charge in [-0.15, -0.1) is 0 Å². The molecule has 3 aromatic rings. The van der Waals surface area contributed by atoms with Crippen LogP contribution in [0.4, 0.5) is 0 Å². The molecule has 8 heteroatoms. The van der Waals surface area contributed by atoms with Crippen LogP contribution in [-0.2, 0) is 16.1 Å². The first-order chi connectivity index (χ1) is 15.0. The van der Waals surface area contributed by atoms with Crippen molar-refractivity contribution in [2.24, 2.45) is 0 Å². The fourth-order valence-electron chi connectivity index (χ4n) is 3.50. The molecule has 0 bridgehead atoms. The van der Waals surface area contributed by atoms with Gasteiger partial charge < -0.3 is 9.47 Å². The zero-order valence-electron chi connectivity index (χ0n) is 19.2. The Labute approximate surface area is 196 Å². The van der Waals surface area contributed by atoms with Gasteiger partial charge >= 0.3 is 11.7 Å². The van der Waals surface area contributed by atoms with Crippen LogP contribution >= 0.6 is 15.9 Å². The predicted molar refractivity (Wildman–Crippen MR) is 127 cm³/mol. The smallest absolute Gasteiger partial charge is 0.351 e. The summed E-state index contributed by atoms with van der Waals surface area (Å²) in [5.74, 6) is 0.851. The monoisotopic (exact) mass is 501 g/mol. The maximum Gasteiger partial charge on any atom is 0.351 e. The first-order valence-corrected chi connectivity index (χ1v) is 11.2. The van der Waals surface area contributed by atoms with Crippen LogP contribution in [0, 0.1) is 20.8 Å². The van der Waals surface area contributed by atoms with Gasteiger partial charge in [0.05, 0.1) is 18.8 Å². The highest BCUT2D eigenvalue weighted by Gasteiger charge is 2.32. The molecule has 1 aromatic heterocycles. The number of hydrogen-bond donors (Lipinski definition) is 0. The molecule has 3 rings (SSSR count). The Morgan fingerprint density at radius 2 is 1.69 bits per heavy atom. The van der Waals surface area contributed by atoms with E-state index in [-0.39, 0.29) is 5.69 Å². The largest absolute Gasteiger partial charge is 0.476 e. The van der Waals surface area contributed by atoms with Gasteiger partial charge in [0.2, 0.25) is 0 Å². The van der Waals surface area contributed by atoms with Crippen molar-refractivity contribution in [1.29, 1.82) is 0 Å². The van der Waals surface area contributed by atoms with Crippen LogP contribution in [0.25, 0.3) is 5.69 Å². The van der Waals surface area contributed by atoms with Gasteiger partial charge in [0.15, 0.2) is 5.60 Å². The number of rotatable bonds is 7. The average Bonchev–Trinajstić information content (AvgIpc) is 3.00. The van der Waals surface area contributed by atoms with E-state index in [4.69, 9.17) is 9.47 Å². The van der Waals surface area contributed by atoms with E-state index in [1.807, 2.05) is 57.2 Å². The van der Waals surface area contributed by atoms with Crippen LogP contribution in [0.3, 0.4) is 0 Å². The molecule has 170 valence electrons. The van der Waals surface area contributed by atoms with Crippen LogP contribution in [0.2, 0.25) is 0 Å². The molecule has 0 aliphatic heterocycles. The van der Waals surface area contributed by atoms with E-state index in [9.17, 15) is 9.59 Å². The highest BCUT2D eigenvalue weighted by atomic mass is 79.9. The van der Waals surface area contributed by atoms with Crippen LogP contribution in [0.5, 0.6) is 5.75 Å². The first-order valence-electron chi connectivity index (χ1n) is 10.4. The first kappa shape index (κ1) is 23.8. The zero-order valence-corrected chi connectivity index (χ0v) is 20.8. The Morgan fingerprint density at radius 1 is 1.09 bits per heavy atom. The highest BCUT2D eigenvalue weighted by Crippen LogP contribution is 2.29. The molecule has 0 amide bonds. The maximum atomic E-state index is 13.0. The topological polar surface area (TPSA) is 75.3 Å². The number of carbonyl (C=O) groups excluding carboxylic acids is 1. The molecule has 0 aliphatic rings. The van der Waals surface area contributed by atoms with Crippen LogP contribution in [0.15, 0.2) is 45.7 Å². The molecule has 0 saturated carbocycles. The van der Waals surface area contributed by atoms with E-state index >= 15 is 0 Å². The number of benzene rings is 2. The van der Waals surface area contributed by atoms with Crippen molar-refractivity contribution < 1.29 is 14.3 Å². The Morgan fingerprint density at radius 3 is 2.25 bits per heavy atom. The number of hydrogen-bond acceptors (Lipinski definition) is 5. The molecule has 0 N–H and O–H groups in total. The number of ether oxygens (including phenoxy) is 2. The lowest BCUT2D eigenvalue weighted by Crippen LogP contribution is -2.40. The third kappa shape index (κ3) is 4.96. The van der Waals surface area contributed by atoms with Gasteiger partial charge in [-0.2, -0.15) is 9.78 Å². The Balaban J connectivity index is 1.89. The maximum absolute atomic E-state index is 13.0. The fraction of sp³-hybridized carbons (Fsp3) is 0.375. The lowest BCUT2D eigenvalue weighted by molar-refractivity contribution is -0.158. The molecule has 1 heterocycles. The van der Waals surface area contributed by atoms with Crippen molar-refractivity contribution in [3.63, 3.8) is 0 Å². The Kier molecular flexibility index (Phi) is 6.93. The van der Waals surface area contributed by atoms with Gasteiger partial charge in [-0.3, -0.25) is 4.57 Å². The van der Waals surface area contributed by atoms with Crippen molar-refractivity contribution in [2.75, 3.05) is 6.61 Å². The molecular formula is C24H28BrN3O4. The lowest BCUT2D eigenvalue weighted by atomic mass is 10.0. The summed E-state index contributed by atoms with van der Waals surface area (Å²) in [5.41, 5.74) is 2.10. The van der Waals surface area contributed by atoms with E-state index in [1.165, 1.54) is 4.68 Å². The number of aromatic nitrogens is 3. The number of esters is 1. The van der Waals surface area contributed by atoms with Crippen molar-refractivity contribution in [2.45, 2.75) is 53.7 Å². The molecule has 7 nitrogen and oxygen atoms in total. The minimum Gasteiger partial charge on any atom is -0.476 e. The molecule has 0 fully saturated rings. The minimum absolute atomic E-state index is 0.205. The quantitative estimate of drug-likeness (QED) is 0.445. The number of nitrogens with zero attached hydrogens (tertiary/aromatic N) is 3. The van der Waals surface area contributed by atoms with Gasteiger partial charge in [-0.1, -0.05) is 28.1 Å². The van der Waals surface area contributed by atoms with Gasteiger partial charge in [0.25, 0.3) is 0 Å². The van der Waals surface area contributed by atoms with Crippen molar-refractivity contribution >= 4 is 21.9 Å². The second-order valence-corrected chi connectivity index (χ2v) is 9.11. The van der Waals surface area contributed by atoms with Crippen LogP contribution < -0.4 is 10.4 Å². The molecular weight excluding hydrogens is 474 g/mol. The Bertz CT molecular complexity index is 1170. The summed E-state index contributed by atoms with van der Waals surface area (Å²) in [4.78, 5) is 25.2. The van der Waals surface area contributed by atoms with Crippen LogP contribution in [-0.4, -0.2) is 32.5 Å². The third-order valence-electron chi connectivity index (χ3n) is 5.10. The normalized spacial score (nSPS) is 11.5. The molecule has 0 aliphatic carbocycles. The van der Waals surface area contributed by atoms with Crippen molar-refractivity contribution in [1.82, 2.24) is 14.3 Å². The molecule has 0 spiro atoms. The predicted octanol–water partition coefficient (Wildman–Crippen LogP) is 4.49. The number of halogens is 1. The van der Waals surface area contributed by atoms with E-state index in [1.54, 1.807) is 25.3 Å². The van der Waals surface area contributed by atoms with Gasteiger partial charge in [-0.25, -0.2) is 9.59 Å². The second kappa shape index (κ2) is 9.32. The third-order valence-corrected chi connectivity index (χ3v) is 5.63. The molecule has 0 radical (unpaired) electrons. The number of aryl methyl sites for hydroxylation is 3. The zero-order chi connectivity index (χ0) is 23.6. The molecule has 0 atom stereocenters. The van der Waals surface area contributed by atoms with Gasteiger partial charge in [0.1, 0.15) is 11.6 Å². The number of carbonyl (C=O) groups is 1. The molecule has 32 heavy (non-hydrogen) atoms.